The summed E-state index contributed by atoms with van der Waals surface area (Å²) in [6, 6.07) is 11.5. The van der Waals surface area contributed by atoms with E-state index in [4.69, 9.17) is 22.1 Å². The molecule has 0 amide bonds. The number of sulfonamides is 1. The van der Waals surface area contributed by atoms with E-state index < -0.39 is 10.0 Å². The van der Waals surface area contributed by atoms with Gasteiger partial charge in [-0.2, -0.15) is 4.98 Å². The first-order valence-corrected chi connectivity index (χ1v) is 10.0. The average molecular weight is 420 g/mol. The smallest absolute Gasteiger partial charge is 0.257 e. The summed E-state index contributed by atoms with van der Waals surface area (Å²) in [5, 5.41) is 0.607. The number of hydrogen-bond acceptors (Lipinski definition) is 7. The molecule has 0 aliphatic rings. The Labute approximate surface area is 167 Å². The van der Waals surface area contributed by atoms with E-state index in [-0.39, 0.29) is 22.3 Å². The van der Waals surface area contributed by atoms with Crippen LogP contribution in [0.25, 0.3) is 0 Å². The molecule has 10 heteroatoms. The summed E-state index contributed by atoms with van der Waals surface area (Å²) in [5.74, 6) is 0.624. The summed E-state index contributed by atoms with van der Waals surface area (Å²) in [4.78, 5) is 10.3. The Morgan fingerprint density at radius 2 is 1.79 bits per heavy atom. The van der Waals surface area contributed by atoms with Crippen LogP contribution in [0.1, 0.15) is 11.1 Å². The van der Waals surface area contributed by atoms with Crippen molar-refractivity contribution >= 4 is 33.1 Å². The Bertz CT molecular complexity index is 1100. The van der Waals surface area contributed by atoms with Crippen LogP contribution in [0.5, 0.6) is 11.6 Å². The van der Waals surface area contributed by atoms with Gasteiger partial charge in [-0.1, -0.05) is 29.3 Å². The third-order valence-electron chi connectivity index (χ3n) is 3.83. The molecule has 8 nitrogen and oxygen atoms in total. The minimum Gasteiger partial charge on any atom is -0.437 e. The summed E-state index contributed by atoms with van der Waals surface area (Å²) in [6.07, 6.45) is 1.21. The average Bonchev–Trinajstić information content (AvgIpc) is 2.66. The molecule has 0 atom stereocenters. The van der Waals surface area contributed by atoms with Crippen LogP contribution >= 0.6 is 11.6 Å². The van der Waals surface area contributed by atoms with Crippen LogP contribution in [-0.4, -0.2) is 18.4 Å². The van der Waals surface area contributed by atoms with Crippen LogP contribution in [-0.2, 0) is 10.0 Å². The maximum atomic E-state index is 12.4. The number of nitrogens with two attached hydrogens (primary N) is 1. The van der Waals surface area contributed by atoms with E-state index in [1.807, 2.05) is 13.8 Å². The molecule has 0 fully saturated rings. The fraction of sp³-hybridized carbons (Fsp3) is 0.111. The van der Waals surface area contributed by atoms with Crippen LogP contribution in [0.3, 0.4) is 0 Å². The van der Waals surface area contributed by atoms with Gasteiger partial charge in [0.05, 0.1) is 4.90 Å². The lowest BCUT2D eigenvalue weighted by atomic mass is 10.2. The molecule has 0 saturated heterocycles. The molecule has 146 valence electrons. The Hall–Kier alpha value is -2.88. The second-order valence-electron chi connectivity index (χ2n) is 6.00. The van der Waals surface area contributed by atoms with Crippen molar-refractivity contribution < 1.29 is 13.2 Å². The van der Waals surface area contributed by atoms with Gasteiger partial charge in [0.2, 0.25) is 5.88 Å². The molecular formula is C18H18ClN5O3S. The highest BCUT2D eigenvalue weighted by molar-refractivity contribution is 7.89. The van der Waals surface area contributed by atoms with E-state index in [1.165, 1.54) is 18.5 Å². The molecular weight excluding hydrogens is 402 g/mol. The van der Waals surface area contributed by atoms with E-state index in [9.17, 15) is 8.42 Å². The molecule has 28 heavy (non-hydrogen) atoms. The molecule has 0 bridgehead atoms. The van der Waals surface area contributed by atoms with Gasteiger partial charge in [-0.15, -0.1) is 4.83 Å². The first-order valence-electron chi connectivity index (χ1n) is 8.15. The minimum absolute atomic E-state index is 0.0432. The van der Waals surface area contributed by atoms with Crippen LogP contribution in [0, 0.1) is 13.8 Å². The van der Waals surface area contributed by atoms with Gasteiger partial charge in [-0.25, -0.2) is 13.4 Å². The van der Waals surface area contributed by atoms with Gasteiger partial charge in [0.1, 0.15) is 17.8 Å². The minimum atomic E-state index is -3.81. The number of halogens is 1. The SMILES string of the molecule is Cc1ccc(S(=O)(=O)NNc2ncnc(Oc3ccc(Cl)c(C)c3)c2N)cc1. The zero-order chi connectivity index (χ0) is 20.3. The topological polar surface area (TPSA) is 119 Å². The van der Waals surface area contributed by atoms with Crippen molar-refractivity contribution in [1.82, 2.24) is 14.8 Å². The van der Waals surface area contributed by atoms with E-state index in [2.05, 4.69) is 20.2 Å². The number of aryl methyl sites for hydroxylation is 2. The number of nitrogens with one attached hydrogen (secondary N) is 2. The molecule has 2 aromatic carbocycles. The summed E-state index contributed by atoms with van der Waals surface area (Å²) >= 11 is 6.00. The fourth-order valence-corrected chi connectivity index (χ4v) is 3.21. The maximum absolute atomic E-state index is 12.4. The van der Waals surface area contributed by atoms with E-state index >= 15 is 0 Å². The Morgan fingerprint density at radius 1 is 1.07 bits per heavy atom. The fourth-order valence-electron chi connectivity index (χ4n) is 2.24. The largest absolute Gasteiger partial charge is 0.437 e. The van der Waals surface area contributed by atoms with Crippen LogP contribution in [0.2, 0.25) is 5.02 Å². The van der Waals surface area contributed by atoms with Gasteiger partial charge >= 0.3 is 0 Å². The number of benzene rings is 2. The molecule has 0 radical (unpaired) electrons. The van der Waals surface area contributed by atoms with E-state index in [1.54, 1.807) is 30.3 Å². The maximum Gasteiger partial charge on any atom is 0.257 e. The van der Waals surface area contributed by atoms with E-state index in [0.717, 1.165) is 11.1 Å². The number of aromatic nitrogens is 2. The second kappa shape index (κ2) is 8.01. The number of hydrazine groups is 1. The highest BCUT2D eigenvalue weighted by Crippen LogP contribution is 2.30. The van der Waals surface area contributed by atoms with Crippen LogP contribution in [0.15, 0.2) is 53.7 Å². The summed E-state index contributed by atoms with van der Waals surface area (Å²) in [5.41, 5.74) is 10.3. The quantitative estimate of drug-likeness (QED) is 0.523. The lowest BCUT2D eigenvalue weighted by molar-refractivity contribution is 0.464. The van der Waals surface area contributed by atoms with Crippen LogP contribution in [0.4, 0.5) is 11.5 Å². The van der Waals surface area contributed by atoms with Crippen molar-refractivity contribution in [2.24, 2.45) is 0 Å². The number of rotatable bonds is 6. The van der Waals surface area contributed by atoms with Crippen molar-refractivity contribution in [2.75, 3.05) is 11.2 Å². The summed E-state index contributed by atoms with van der Waals surface area (Å²) in [6.45, 7) is 3.71. The van der Waals surface area contributed by atoms with Crippen molar-refractivity contribution in [2.45, 2.75) is 18.7 Å². The molecule has 0 saturated carbocycles. The third-order valence-corrected chi connectivity index (χ3v) is 5.51. The molecule has 1 aromatic heterocycles. The number of anilines is 2. The molecule has 0 aliphatic heterocycles. The molecule has 4 N–H and O–H groups in total. The molecule has 3 rings (SSSR count). The zero-order valence-corrected chi connectivity index (χ0v) is 16.7. The zero-order valence-electron chi connectivity index (χ0n) is 15.1. The Morgan fingerprint density at radius 3 is 2.46 bits per heavy atom. The van der Waals surface area contributed by atoms with E-state index in [0.29, 0.717) is 10.8 Å². The molecule has 3 aromatic rings. The van der Waals surface area contributed by atoms with Crippen LogP contribution < -0.4 is 20.7 Å². The van der Waals surface area contributed by atoms with Crippen molar-refractivity contribution in [3.63, 3.8) is 0 Å². The van der Waals surface area contributed by atoms with Crippen molar-refractivity contribution in [1.29, 1.82) is 0 Å². The number of nitrogen functional groups attached to an aromatic ring is 1. The lowest BCUT2D eigenvalue weighted by Crippen LogP contribution is -2.30. The Balaban J connectivity index is 1.77. The monoisotopic (exact) mass is 419 g/mol. The third kappa shape index (κ3) is 4.50. The number of hydrogen-bond donors (Lipinski definition) is 3. The molecule has 0 aliphatic carbocycles. The number of ether oxygens (including phenoxy) is 1. The number of nitrogens with zero attached hydrogens (tertiary/aromatic N) is 2. The van der Waals surface area contributed by atoms with Crippen molar-refractivity contribution in [3.05, 3.63) is 64.9 Å². The highest BCUT2D eigenvalue weighted by Gasteiger charge is 2.16. The first-order chi connectivity index (χ1) is 13.3. The van der Waals surface area contributed by atoms with Gasteiger partial charge in [0, 0.05) is 5.02 Å². The lowest BCUT2D eigenvalue weighted by Gasteiger charge is -2.13. The Kier molecular flexibility index (Phi) is 5.68. The standard InChI is InChI=1S/C18H18ClN5O3S/c1-11-3-6-14(7-4-11)28(25,26)24-23-17-16(20)18(22-10-21-17)27-13-5-8-15(19)12(2)9-13/h3-10,24H,20H2,1-2H3,(H,21,22,23). The predicted octanol–water partition coefficient (Wildman–Crippen LogP) is 3.43. The summed E-state index contributed by atoms with van der Waals surface area (Å²) < 4.78 is 30.4. The first kappa shape index (κ1) is 19.9. The van der Waals surface area contributed by atoms with Gasteiger partial charge in [-0.3, -0.25) is 5.43 Å². The molecule has 0 spiro atoms. The molecule has 1 heterocycles. The van der Waals surface area contributed by atoms with Gasteiger partial charge < -0.3 is 10.5 Å². The predicted molar refractivity (Wildman–Crippen MR) is 108 cm³/mol. The summed E-state index contributed by atoms with van der Waals surface area (Å²) in [7, 11) is -3.81. The van der Waals surface area contributed by atoms with Crippen molar-refractivity contribution in [3.8, 4) is 11.6 Å². The van der Waals surface area contributed by atoms with Gasteiger partial charge in [0.15, 0.2) is 5.82 Å². The van der Waals surface area contributed by atoms with Gasteiger partial charge in [-0.05, 0) is 49.7 Å². The van der Waals surface area contributed by atoms with Gasteiger partial charge in [0.25, 0.3) is 10.0 Å². The second-order valence-corrected chi connectivity index (χ2v) is 8.09. The molecule has 0 unspecified atom stereocenters. The highest BCUT2D eigenvalue weighted by atomic mass is 35.5. The normalized spacial score (nSPS) is 11.2.